The molecule has 0 aliphatic carbocycles. The summed E-state index contributed by atoms with van der Waals surface area (Å²) in [4.78, 5) is 10.3. The van der Waals surface area contributed by atoms with E-state index in [1.54, 1.807) is 0 Å². The van der Waals surface area contributed by atoms with Crippen LogP contribution in [0.3, 0.4) is 0 Å². The minimum atomic E-state index is -4.11. The number of sulfonamides is 1. The van der Waals surface area contributed by atoms with Crippen molar-refractivity contribution in [1.29, 1.82) is 0 Å². The molecule has 0 atom stereocenters. The minimum Gasteiger partial charge on any atom is -0.261 e. The molecule has 2 aromatic carbocycles. The zero-order valence-electron chi connectivity index (χ0n) is 13.1. The molecule has 2 aromatic rings. The summed E-state index contributed by atoms with van der Waals surface area (Å²) in [5, 5.41) is 11.6. The van der Waals surface area contributed by atoms with E-state index in [0.29, 0.717) is 10.6 Å². The summed E-state index contributed by atoms with van der Waals surface area (Å²) in [5.41, 5.74) is 0.245. The van der Waals surface area contributed by atoms with Gasteiger partial charge in [0.1, 0.15) is 0 Å². The lowest BCUT2D eigenvalue weighted by Gasteiger charge is -2.24. The van der Waals surface area contributed by atoms with Gasteiger partial charge in [0, 0.05) is 16.7 Å². The first-order chi connectivity index (χ1) is 11.7. The molecule has 0 fully saturated rings. The molecule has 9 heteroatoms. The molecule has 0 bridgehead atoms. The third-order valence-corrected chi connectivity index (χ3v) is 5.77. The average Bonchev–Trinajstić information content (AvgIpc) is 2.55. The summed E-state index contributed by atoms with van der Waals surface area (Å²) in [5.74, 6) is 0. The molecular formula is C16H14Cl2N2O4S. The molecule has 132 valence electrons. The summed E-state index contributed by atoms with van der Waals surface area (Å²) >= 11 is 12.1. The van der Waals surface area contributed by atoms with Crippen molar-refractivity contribution >= 4 is 44.6 Å². The largest absolute Gasteiger partial charge is 0.273 e. The Morgan fingerprint density at radius 3 is 2.52 bits per heavy atom. The van der Waals surface area contributed by atoms with Gasteiger partial charge in [0.25, 0.3) is 15.7 Å². The van der Waals surface area contributed by atoms with Gasteiger partial charge in [0.2, 0.25) is 0 Å². The van der Waals surface area contributed by atoms with Gasteiger partial charge in [-0.15, -0.1) is 6.58 Å². The lowest BCUT2D eigenvalue weighted by Crippen LogP contribution is -2.31. The Bertz CT molecular complexity index is 945. The van der Waals surface area contributed by atoms with Crippen molar-refractivity contribution in [2.24, 2.45) is 0 Å². The molecule has 25 heavy (non-hydrogen) atoms. The molecule has 6 nitrogen and oxygen atoms in total. The van der Waals surface area contributed by atoms with Crippen LogP contribution in [-0.4, -0.2) is 19.9 Å². The Balaban J connectivity index is 2.65. The molecule has 0 unspecified atom stereocenters. The zero-order valence-corrected chi connectivity index (χ0v) is 15.5. The molecule has 0 radical (unpaired) electrons. The smallest absolute Gasteiger partial charge is 0.261 e. The molecule has 0 N–H and O–H groups in total. The predicted molar refractivity (Wildman–Crippen MR) is 99.0 cm³/mol. The highest BCUT2D eigenvalue weighted by atomic mass is 35.5. The first-order valence-corrected chi connectivity index (χ1v) is 9.22. The van der Waals surface area contributed by atoms with Crippen molar-refractivity contribution in [2.45, 2.75) is 11.8 Å². The third-order valence-electron chi connectivity index (χ3n) is 3.44. The number of rotatable bonds is 6. The maximum absolute atomic E-state index is 13.0. The van der Waals surface area contributed by atoms with Crippen LogP contribution in [0.25, 0.3) is 0 Å². The fourth-order valence-electron chi connectivity index (χ4n) is 2.19. The van der Waals surface area contributed by atoms with Gasteiger partial charge in [-0.3, -0.25) is 14.4 Å². The number of benzene rings is 2. The number of nitro benzene ring substituents is 1. The fourth-order valence-corrected chi connectivity index (χ4v) is 4.10. The van der Waals surface area contributed by atoms with Crippen molar-refractivity contribution < 1.29 is 13.3 Å². The monoisotopic (exact) mass is 400 g/mol. The second-order valence-corrected chi connectivity index (χ2v) is 7.83. The number of anilines is 1. The van der Waals surface area contributed by atoms with Crippen molar-refractivity contribution in [3.8, 4) is 0 Å². The second-order valence-electron chi connectivity index (χ2n) is 5.13. The van der Waals surface area contributed by atoms with Crippen LogP contribution in [0, 0.1) is 17.0 Å². The first kappa shape index (κ1) is 19.2. The van der Waals surface area contributed by atoms with Crippen LogP contribution >= 0.6 is 23.2 Å². The SMILES string of the molecule is C=CCN(c1cc(Cl)ccc1Cl)S(=O)(=O)c1ccc(C)c([N+](=O)[O-])c1. The molecule has 0 aromatic heterocycles. The molecular weight excluding hydrogens is 387 g/mol. The molecule has 0 heterocycles. The first-order valence-electron chi connectivity index (χ1n) is 7.02. The molecule has 0 aliphatic rings. The van der Waals surface area contributed by atoms with Gasteiger partial charge in [-0.25, -0.2) is 8.42 Å². The topological polar surface area (TPSA) is 80.5 Å². The van der Waals surface area contributed by atoms with Crippen LogP contribution < -0.4 is 4.31 Å². The van der Waals surface area contributed by atoms with E-state index in [1.807, 2.05) is 0 Å². The molecule has 2 rings (SSSR count). The highest BCUT2D eigenvalue weighted by molar-refractivity contribution is 7.92. The van der Waals surface area contributed by atoms with Gasteiger partial charge in [-0.2, -0.15) is 0 Å². The van der Waals surface area contributed by atoms with Gasteiger partial charge < -0.3 is 0 Å². The number of nitro groups is 1. The van der Waals surface area contributed by atoms with E-state index >= 15 is 0 Å². The van der Waals surface area contributed by atoms with E-state index in [0.717, 1.165) is 10.4 Å². The van der Waals surface area contributed by atoms with E-state index < -0.39 is 14.9 Å². The number of hydrogen-bond acceptors (Lipinski definition) is 4. The van der Waals surface area contributed by atoms with E-state index in [9.17, 15) is 18.5 Å². The van der Waals surface area contributed by atoms with Gasteiger partial charge in [-0.1, -0.05) is 35.3 Å². The standard InChI is InChI=1S/C16H14Cl2N2O4S/c1-3-8-19(16-9-12(17)5-7-14(16)18)25(23,24)13-6-4-11(2)15(10-13)20(21)22/h3-7,9-10H,1,8H2,2H3. The maximum atomic E-state index is 13.0. The fraction of sp³-hybridized carbons (Fsp3) is 0.125. The lowest BCUT2D eigenvalue weighted by molar-refractivity contribution is -0.385. The Morgan fingerprint density at radius 2 is 1.92 bits per heavy atom. The molecule has 0 spiro atoms. The molecule has 0 saturated carbocycles. The summed E-state index contributed by atoms with van der Waals surface area (Å²) in [6, 6.07) is 8.14. The Hall–Kier alpha value is -2.09. The summed E-state index contributed by atoms with van der Waals surface area (Å²) in [6.07, 6.45) is 1.39. The van der Waals surface area contributed by atoms with Gasteiger partial charge in [-0.05, 0) is 31.2 Å². The van der Waals surface area contributed by atoms with E-state index in [4.69, 9.17) is 23.2 Å². The number of hydrogen-bond donors (Lipinski definition) is 0. The van der Waals surface area contributed by atoms with Gasteiger partial charge in [0.15, 0.2) is 0 Å². The Morgan fingerprint density at radius 1 is 1.24 bits per heavy atom. The van der Waals surface area contributed by atoms with Crippen LogP contribution in [0.4, 0.5) is 11.4 Å². The van der Waals surface area contributed by atoms with Gasteiger partial charge in [0.05, 0.1) is 27.1 Å². The van der Waals surface area contributed by atoms with Crippen molar-refractivity contribution in [1.82, 2.24) is 0 Å². The quantitative estimate of drug-likeness (QED) is 0.403. The van der Waals surface area contributed by atoms with Crippen molar-refractivity contribution in [3.05, 3.63) is 74.8 Å². The highest BCUT2D eigenvalue weighted by Crippen LogP contribution is 2.34. The van der Waals surface area contributed by atoms with Crippen LogP contribution in [0.1, 0.15) is 5.56 Å². The summed E-state index contributed by atoms with van der Waals surface area (Å²) in [7, 11) is -4.11. The van der Waals surface area contributed by atoms with Crippen LogP contribution in [0.15, 0.2) is 53.9 Å². The van der Waals surface area contributed by atoms with E-state index in [2.05, 4.69) is 6.58 Å². The van der Waals surface area contributed by atoms with Gasteiger partial charge >= 0.3 is 0 Å². The second kappa shape index (κ2) is 7.43. The lowest BCUT2D eigenvalue weighted by atomic mass is 10.2. The minimum absolute atomic E-state index is 0.0793. The van der Waals surface area contributed by atoms with Crippen LogP contribution in [-0.2, 0) is 10.0 Å². The highest BCUT2D eigenvalue weighted by Gasteiger charge is 2.28. The normalized spacial score (nSPS) is 11.2. The van der Waals surface area contributed by atoms with Crippen LogP contribution in [0.2, 0.25) is 10.0 Å². The summed E-state index contributed by atoms with van der Waals surface area (Å²) in [6.45, 7) is 5.01. The molecule has 0 aliphatic heterocycles. The Kier molecular flexibility index (Phi) is 5.72. The third kappa shape index (κ3) is 3.95. The van der Waals surface area contributed by atoms with Crippen LogP contribution in [0.5, 0.6) is 0 Å². The van der Waals surface area contributed by atoms with Crippen molar-refractivity contribution in [2.75, 3.05) is 10.8 Å². The number of halogens is 2. The predicted octanol–water partition coefficient (Wildman–Crippen LogP) is 4.59. The zero-order chi connectivity index (χ0) is 18.8. The van der Waals surface area contributed by atoms with Crippen molar-refractivity contribution in [3.63, 3.8) is 0 Å². The maximum Gasteiger partial charge on any atom is 0.273 e. The molecule has 0 saturated heterocycles. The Labute approximate surface area is 155 Å². The number of nitrogens with zero attached hydrogens (tertiary/aromatic N) is 2. The average molecular weight is 401 g/mol. The molecule has 0 amide bonds. The van der Waals surface area contributed by atoms with E-state index in [-0.39, 0.29) is 27.8 Å². The number of aryl methyl sites for hydroxylation is 1. The summed E-state index contributed by atoms with van der Waals surface area (Å²) < 4.78 is 27.1. The van der Waals surface area contributed by atoms with E-state index in [1.165, 1.54) is 43.3 Å².